The fourth-order valence-corrected chi connectivity index (χ4v) is 7.91. The molecular formula is C28H36ClN5O4S. The third-order valence-electron chi connectivity index (χ3n) is 8.32. The highest BCUT2D eigenvalue weighted by Crippen LogP contribution is 2.38. The second kappa shape index (κ2) is 10.8. The van der Waals surface area contributed by atoms with Crippen LogP contribution >= 0.6 is 11.6 Å². The van der Waals surface area contributed by atoms with Crippen molar-refractivity contribution >= 4 is 33.0 Å². The van der Waals surface area contributed by atoms with Crippen LogP contribution in [0.25, 0.3) is 16.9 Å². The molecule has 1 atom stereocenters. The first-order valence-corrected chi connectivity index (χ1v) is 15.6. The summed E-state index contributed by atoms with van der Waals surface area (Å²) >= 11 is 6.39. The van der Waals surface area contributed by atoms with Gasteiger partial charge in [0.25, 0.3) is 0 Å². The average molecular weight is 574 g/mol. The molecule has 1 aliphatic carbocycles. The van der Waals surface area contributed by atoms with E-state index in [0.717, 1.165) is 74.3 Å². The molecule has 0 bridgehead atoms. The molecule has 0 spiro atoms. The summed E-state index contributed by atoms with van der Waals surface area (Å²) in [6.07, 6.45) is 8.67. The smallest absolute Gasteiger partial charge is 0.216 e. The Morgan fingerprint density at radius 1 is 1.03 bits per heavy atom. The molecule has 2 saturated heterocycles. The quantitative estimate of drug-likeness (QED) is 0.413. The average Bonchev–Trinajstić information content (AvgIpc) is 3.57. The molecule has 2 aromatic heterocycles. The molecular weight excluding hydrogens is 538 g/mol. The fraction of sp³-hybridized carbons (Fsp3) is 0.536. The lowest BCUT2D eigenvalue weighted by Gasteiger charge is -2.32. The first-order valence-electron chi connectivity index (χ1n) is 13.7. The number of hydrogen-bond donors (Lipinski definition) is 1. The number of aromatic nitrogens is 2. The predicted molar refractivity (Wildman–Crippen MR) is 154 cm³/mol. The number of pyridine rings is 1. The maximum absolute atomic E-state index is 12.5. The van der Waals surface area contributed by atoms with E-state index in [2.05, 4.69) is 22.3 Å². The van der Waals surface area contributed by atoms with Crippen molar-refractivity contribution in [3.8, 4) is 22.8 Å². The Balaban J connectivity index is 1.06. The van der Waals surface area contributed by atoms with Crippen molar-refractivity contribution in [1.82, 2.24) is 19.0 Å². The molecule has 1 N–H and O–H groups in total. The van der Waals surface area contributed by atoms with E-state index in [9.17, 15) is 8.42 Å². The topological polar surface area (TPSA) is 88.4 Å². The largest absolute Gasteiger partial charge is 0.496 e. The van der Waals surface area contributed by atoms with Gasteiger partial charge in [0.2, 0.25) is 10.0 Å². The van der Waals surface area contributed by atoms with Gasteiger partial charge in [-0.15, -0.1) is 0 Å². The van der Waals surface area contributed by atoms with Crippen LogP contribution in [0.5, 0.6) is 11.5 Å². The molecule has 11 heteroatoms. The summed E-state index contributed by atoms with van der Waals surface area (Å²) in [5.74, 6) is 1.75. The number of ether oxygens (including phenoxy) is 2. The molecule has 1 aromatic carbocycles. The van der Waals surface area contributed by atoms with Crippen molar-refractivity contribution in [2.24, 2.45) is 5.92 Å². The third-order valence-corrected chi connectivity index (χ3v) is 11.0. The van der Waals surface area contributed by atoms with Gasteiger partial charge >= 0.3 is 0 Å². The number of halogens is 1. The van der Waals surface area contributed by atoms with Crippen LogP contribution in [0.3, 0.4) is 0 Å². The molecule has 2 aliphatic heterocycles. The van der Waals surface area contributed by atoms with Crippen LogP contribution in [0.4, 0.5) is 5.69 Å². The van der Waals surface area contributed by atoms with Crippen LogP contribution < -0.4 is 19.7 Å². The number of benzene rings is 1. The Morgan fingerprint density at radius 3 is 2.51 bits per heavy atom. The minimum absolute atomic E-state index is 0.104. The molecule has 4 heterocycles. The number of rotatable bonds is 9. The van der Waals surface area contributed by atoms with Gasteiger partial charge in [-0.2, -0.15) is 0 Å². The minimum atomic E-state index is -3.04. The highest BCUT2D eigenvalue weighted by Gasteiger charge is 2.41. The van der Waals surface area contributed by atoms with Gasteiger partial charge in [0.05, 0.1) is 30.2 Å². The lowest BCUT2D eigenvalue weighted by molar-refractivity contribution is 0.262. The highest BCUT2D eigenvalue weighted by molar-refractivity contribution is 7.90. The summed E-state index contributed by atoms with van der Waals surface area (Å²) in [7, 11) is 0.171. The van der Waals surface area contributed by atoms with E-state index < -0.39 is 10.0 Å². The maximum Gasteiger partial charge on any atom is 0.216 e. The summed E-state index contributed by atoms with van der Waals surface area (Å²) in [6, 6.07) is 8.29. The molecule has 39 heavy (non-hydrogen) atoms. The number of methoxy groups -OCH3 is 2. The second-order valence-electron chi connectivity index (χ2n) is 10.9. The Hall–Kier alpha value is -2.53. The Bertz CT molecular complexity index is 1450. The number of sulfonamides is 1. The maximum atomic E-state index is 12.5. The third kappa shape index (κ3) is 5.44. The normalized spacial score (nSPS) is 21.1. The first-order chi connectivity index (χ1) is 18.9. The van der Waals surface area contributed by atoms with Gasteiger partial charge in [0.1, 0.15) is 17.1 Å². The minimum Gasteiger partial charge on any atom is -0.496 e. The standard InChI is InChI=1S/C28H36ClN5O4S/c1-37-26-15-27(38-2)24(29)14-23(26)25-18-33-10-8-21(13-28(33)31-25)32-9-7-20(17-32)30-16-19-5-11-34(12-6-19)39(35,36)22-3-4-22/h8,10,13-15,18-20,22,30H,3-7,9,11-12,16-17H2,1-2H3/t20-/m0/s1. The molecule has 6 rings (SSSR count). The van der Waals surface area contributed by atoms with Crippen molar-refractivity contribution in [1.29, 1.82) is 0 Å². The van der Waals surface area contributed by atoms with E-state index in [1.807, 2.05) is 22.9 Å². The lowest BCUT2D eigenvalue weighted by atomic mass is 9.98. The molecule has 210 valence electrons. The van der Waals surface area contributed by atoms with E-state index in [-0.39, 0.29) is 5.25 Å². The predicted octanol–water partition coefficient (Wildman–Crippen LogP) is 4.04. The van der Waals surface area contributed by atoms with E-state index in [1.54, 1.807) is 24.6 Å². The Morgan fingerprint density at radius 2 is 1.79 bits per heavy atom. The number of nitrogens with one attached hydrogen (secondary N) is 1. The van der Waals surface area contributed by atoms with Crippen LogP contribution in [-0.4, -0.2) is 80.3 Å². The summed E-state index contributed by atoms with van der Waals surface area (Å²) in [5, 5.41) is 4.17. The zero-order valence-corrected chi connectivity index (χ0v) is 24.0. The molecule has 3 aliphatic rings. The Kier molecular flexibility index (Phi) is 7.39. The van der Waals surface area contributed by atoms with Crippen molar-refractivity contribution in [2.45, 2.75) is 43.4 Å². The molecule has 9 nitrogen and oxygen atoms in total. The SMILES string of the molecule is COc1cc(OC)c(-c2cn3ccc(N4CC[C@H](NCC5CCN(S(=O)(=O)C6CC6)CC5)C4)cc3n2)cc1Cl. The van der Waals surface area contributed by atoms with Crippen LogP contribution in [0.2, 0.25) is 5.02 Å². The second-order valence-corrected chi connectivity index (χ2v) is 13.5. The van der Waals surface area contributed by atoms with Crippen molar-refractivity contribution in [3.63, 3.8) is 0 Å². The summed E-state index contributed by atoms with van der Waals surface area (Å²) in [5.41, 5.74) is 3.61. The molecule has 0 radical (unpaired) electrons. The zero-order chi connectivity index (χ0) is 27.1. The molecule has 3 aromatic rings. The van der Waals surface area contributed by atoms with Crippen LogP contribution in [0.15, 0.2) is 36.7 Å². The van der Waals surface area contributed by atoms with E-state index in [1.165, 1.54) is 0 Å². The zero-order valence-electron chi connectivity index (χ0n) is 22.5. The molecule has 3 fully saturated rings. The van der Waals surface area contributed by atoms with Gasteiger partial charge in [-0.05, 0) is 56.7 Å². The van der Waals surface area contributed by atoms with E-state index in [4.69, 9.17) is 26.1 Å². The van der Waals surface area contributed by atoms with Crippen LogP contribution in [0, 0.1) is 5.92 Å². The van der Waals surface area contributed by atoms with Gasteiger partial charge in [-0.25, -0.2) is 17.7 Å². The lowest BCUT2D eigenvalue weighted by Crippen LogP contribution is -2.43. The van der Waals surface area contributed by atoms with Gasteiger partial charge in [-0.3, -0.25) is 0 Å². The first kappa shape index (κ1) is 26.7. The molecule has 0 amide bonds. The van der Waals surface area contributed by atoms with E-state index >= 15 is 0 Å². The van der Waals surface area contributed by atoms with Crippen LogP contribution in [-0.2, 0) is 10.0 Å². The van der Waals surface area contributed by atoms with Gasteiger partial charge < -0.3 is 24.1 Å². The van der Waals surface area contributed by atoms with Crippen molar-refractivity contribution in [3.05, 3.63) is 41.7 Å². The number of nitrogens with zero attached hydrogens (tertiary/aromatic N) is 4. The highest BCUT2D eigenvalue weighted by atomic mass is 35.5. The molecule has 0 unspecified atom stereocenters. The fourth-order valence-electron chi connectivity index (χ4n) is 5.80. The molecule has 1 saturated carbocycles. The summed E-state index contributed by atoms with van der Waals surface area (Å²) < 4.78 is 39.6. The van der Waals surface area contributed by atoms with Gasteiger partial charge in [0.15, 0.2) is 0 Å². The van der Waals surface area contributed by atoms with Gasteiger partial charge in [-0.1, -0.05) is 11.6 Å². The monoisotopic (exact) mass is 573 g/mol. The number of anilines is 1. The van der Waals surface area contributed by atoms with Crippen molar-refractivity contribution < 1.29 is 17.9 Å². The number of piperidine rings is 1. The Labute approximate surface area is 235 Å². The van der Waals surface area contributed by atoms with Crippen LogP contribution in [0.1, 0.15) is 32.1 Å². The number of fused-ring (bicyclic) bond motifs is 1. The van der Waals surface area contributed by atoms with E-state index in [0.29, 0.717) is 41.6 Å². The number of imidazole rings is 1. The van der Waals surface area contributed by atoms with Gasteiger partial charge in [0, 0.05) is 68.0 Å². The summed E-state index contributed by atoms with van der Waals surface area (Å²) in [6.45, 7) is 4.22. The van der Waals surface area contributed by atoms with Crippen molar-refractivity contribution in [2.75, 3.05) is 51.8 Å². The number of hydrogen-bond acceptors (Lipinski definition) is 7. The summed E-state index contributed by atoms with van der Waals surface area (Å²) in [4.78, 5) is 7.27.